The molecule has 7 heteroatoms. The lowest BCUT2D eigenvalue weighted by atomic mass is 9.77. The van der Waals surface area contributed by atoms with E-state index < -0.39 is 11.9 Å². The first kappa shape index (κ1) is 15.3. The molecule has 0 aliphatic carbocycles. The molecular formula is C15H18F3N3O. The van der Waals surface area contributed by atoms with Crippen LogP contribution in [0, 0.1) is 5.41 Å². The van der Waals surface area contributed by atoms with Crippen LogP contribution in [0.1, 0.15) is 30.5 Å². The molecule has 120 valence electrons. The fourth-order valence-electron chi connectivity index (χ4n) is 3.23. The number of alkyl halides is 3. The van der Waals surface area contributed by atoms with Crippen LogP contribution in [0.25, 0.3) is 0 Å². The molecule has 2 fully saturated rings. The second-order valence-electron chi connectivity index (χ2n) is 6.28. The minimum atomic E-state index is -4.39. The first-order valence-corrected chi connectivity index (χ1v) is 7.38. The van der Waals surface area contributed by atoms with Crippen molar-refractivity contribution in [2.75, 3.05) is 19.6 Å². The number of carbonyl (C=O) groups is 1. The Morgan fingerprint density at radius 1 is 1.27 bits per heavy atom. The Bertz CT molecular complexity index is 548. The molecule has 3 heterocycles. The van der Waals surface area contributed by atoms with Gasteiger partial charge in [-0.3, -0.25) is 14.7 Å². The zero-order valence-electron chi connectivity index (χ0n) is 12.1. The summed E-state index contributed by atoms with van der Waals surface area (Å²) >= 11 is 0. The average Bonchev–Trinajstić information content (AvgIpc) is 2.83. The third-order valence-corrected chi connectivity index (χ3v) is 4.63. The van der Waals surface area contributed by atoms with Gasteiger partial charge in [-0.15, -0.1) is 0 Å². The van der Waals surface area contributed by atoms with Crippen molar-refractivity contribution in [3.05, 3.63) is 29.6 Å². The van der Waals surface area contributed by atoms with Gasteiger partial charge in [-0.1, -0.05) is 6.07 Å². The van der Waals surface area contributed by atoms with Crippen LogP contribution in [-0.2, 0) is 17.5 Å². The van der Waals surface area contributed by atoms with Gasteiger partial charge in [0.2, 0.25) is 5.91 Å². The predicted molar refractivity (Wildman–Crippen MR) is 73.8 cm³/mol. The van der Waals surface area contributed by atoms with Crippen molar-refractivity contribution >= 4 is 5.91 Å². The number of hydrogen-bond acceptors (Lipinski definition) is 3. The molecule has 0 unspecified atom stereocenters. The van der Waals surface area contributed by atoms with E-state index in [1.54, 1.807) is 0 Å². The fourth-order valence-corrected chi connectivity index (χ4v) is 3.23. The van der Waals surface area contributed by atoms with E-state index in [0.717, 1.165) is 44.1 Å². The molecule has 2 saturated heterocycles. The molecule has 4 nitrogen and oxygen atoms in total. The van der Waals surface area contributed by atoms with Gasteiger partial charge in [0.1, 0.15) is 5.69 Å². The molecule has 3 rings (SSSR count). The number of carbonyl (C=O) groups excluding carboxylic acids is 1. The molecule has 1 aromatic heterocycles. The summed E-state index contributed by atoms with van der Waals surface area (Å²) in [5.41, 5.74) is 0.0142. The summed E-state index contributed by atoms with van der Waals surface area (Å²) in [4.78, 5) is 17.1. The number of likely N-dealkylation sites (tertiary alicyclic amines) is 1. The topological polar surface area (TPSA) is 45.2 Å². The monoisotopic (exact) mass is 313 g/mol. The highest BCUT2D eigenvalue weighted by Gasteiger charge is 2.40. The molecule has 0 atom stereocenters. The molecule has 0 aromatic carbocycles. The van der Waals surface area contributed by atoms with Crippen LogP contribution in [-0.4, -0.2) is 35.4 Å². The quantitative estimate of drug-likeness (QED) is 0.910. The normalized spacial score (nSPS) is 22.0. The number of pyridine rings is 1. The minimum Gasteiger partial charge on any atom is -0.356 e. The Morgan fingerprint density at radius 2 is 2.00 bits per heavy atom. The average molecular weight is 313 g/mol. The number of halogens is 3. The third kappa shape index (κ3) is 3.24. The van der Waals surface area contributed by atoms with Crippen LogP contribution in [0.3, 0.4) is 0 Å². The Labute approximate surface area is 126 Å². The van der Waals surface area contributed by atoms with E-state index in [4.69, 9.17) is 0 Å². The Morgan fingerprint density at radius 3 is 2.50 bits per heavy atom. The molecule has 0 radical (unpaired) electrons. The van der Waals surface area contributed by atoms with Gasteiger partial charge in [0, 0.05) is 25.7 Å². The largest absolute Gasteiger partial charge is 0.433 e. The summed E-state index contributed by atoms with van der Waals surface area (Å²) in [6.07, 6.45) is -0.603. The van der Waals surface area contributed by atoms with Crippen LogP contribution >= 0.6 is 0 Å². The molecule has 22 heavy (non-hydrogen) atoms. The van der Waals surface area contributed by atoms with Gasteiger partial charge in [0.15, 0.2) is 0 Å². The number of rotatable bonds is 2. The van der Waals surface area contributed by atoms with E-state index in [9.17, 15) is 18.0 Å². The molecule has 1 amide bonds. The number of amides is 1. The molecule has 0 bridgehead atoms. The van der Waals surface area contributed by atoms with E-state index in [2.05, 4.69) is 15.2 Å². The summed E-state index contributed by atoms with van der Waals surface area (Å²) in [5, 5.41) is 2.89. The highest BCUT2D eigenvalue weighted by molar-refractivity contribution is 5.79. The van der Waals surface area contributed by atoms with Crippen LogP contribution in [0.15, 0.2) is 18.3 Å². The molecule has 0 saturated carbocycles. The van der Waals surface area contributed by atoms with Crippen LogP contribution in [0.5, 0.6) is 0 Å². The van der Waals surface area contributed by atoms with Crippen LogP contribution in [0.4, 0.5) is 13.2 Å². The molecule has 1 spiro atoms. The van der Waals surface area contributed by atoms with Gasteiger partial charge in [-0.2, -0.15) is 13.2 Å². The van der Waals surface area contributed by atoms with Gasteiger partial charge < -0.3 is 5.32 Å². The van der Waals surface area contributed by atoms with E-state index in [0.29, 0.717) is 13.0 Å². The van der Waals surface area contributed by atoms with Gasteiger partial charge in [0.25, 0.3) is 0 Å². The molecule has 1 N–H and O–H groups in total. The van der Waals surface area contributed by atoms with Crippen molar-refractivity contribution in [2.24, 2.45) is 5.41 Å². The van der Waals surface area contributed by atoms with E-state index in [-0.39, 0.29) is 11.3 Å². The lowest BCUT2D eigenvalue weighted by Crippen LogP contribution is -2.40. The van der Waals surface area contributed by atoms with Crippen LogP contribution in [0.2, 0.25) is 0 Å². The van der Waals surface area contributed by atoms with Crippen molar-refractivity contribution in [3.63, 3.8) is 0 Å². The first-order chi connectivity index (χ1) is 10.4. The van der Waals surface area contributed by atoms with Gasteiger partial charge in [-0.05, 0) is 43.0 Å². The maximum absolute atomic E-state index is 12.5. The molecule has 1 aromatic rings. The number of piperidine rings is 1. The molecule has 2 aliphatic rings. The SMILES string of the molecule is O=C1CC2(CCN(Cc3ccc(C(F)(F)F)nc3)CC2)CN1. The van der Waals surface area contributed by atoms with E-state index >= 15 is 0 Å². The highest BCUT2D eigenvalue weighted by Crippen LogP contribution is 2.37. The van der Waals surface area contributed by atoms with Gasteiger partial charge in [0.05, 0.1) is 0 Å². The summed E-state index contributed by atoms with van der Waals surface area (Å²) < 4.78 is 37.4. The first-order valence-electron chi connectivity index (χ1n) is 7.38. The van der Waals surface area contributed by atoms with Gasteiger partial charge in [-0.25, -0.2) is 0 Å². The molecular weight excluding hydrogens is 295 g/mol. The highest BCUT2D eigenvalue weighted by atomic mass is 19.4. The number of nitrogens with zero attached hydrogens (tertiary/aromatic N) is 2. The maximum atomic E-state index is 12.5. The lowest BCUT2D eigenvalue weighted by molar-refractivity contribution is -0.141. The van der Waals surface area contributed by atoms with E-state index in [1.165, 1.54) is 12.3 Å². The Balaban J connectivity index is 1.56. The van der Waals surface area contributed by atoms with E-state index in [1.807, 2.05) is 0 Å². The summed E-state index contributed by atoms with van der Waals surface area (Å²) in [7, 11) is 0. The Hall–Kier alpha value is -1.63. The Kier molecular flexibility index (Phi) is 3.84. The summed E-state index contributed by atoms with van der Waals surface area (Å²) in [6, 6.07) is 2.52. The number of aromatic nitrogens is 1. The zero-order chi connectivity index (χ0) is 15.8. The lowest BCUT2D eigenvalue weighted by Gasteiger charge is -2.38. The summed E-state index contributed by atoms with van der Waals surface area (Å²) in [6.45, 7) is 3.07. The standard InChI is InChI=1S/C15H18F3N3O/c16-15(17,18)12-2-1-11(8-19-12)9-21-5-3-14(4-6-21)7-13(22)20-10-14/h1-2,8H,3-7,9-10H2,(H,20,22). The van der Waals surface area contributed by atoms with Gasteiger partial charge >= 0.3 is 6.18 Å². The van der Waals surface area contributed by atoms with Crippen LogP contribution < -0.4 is 5.32 Å². The summed E-state index contributed by atoms with van der Waals surface area (Å²) in [5.74, 6) is 0.125. The fraction of sp³-hybridized carbons (Fsp3) is 0.600. The van der Waals surface area contributed by atoms with Crippen molar-refractivity contribution in [2.45, 2.75) is 32.0 Å². The smallest absolute Gasteiger partial charge is 0.356 e. The third-order valence-electron chi connectivity index (χ3n) is 4.63. The second kappa shape index (κ2) is 5.53. The maximum Gasteiger partial charge on any atom is 0.433 e. The predicted octanol–water partition coefficient (Wildman–Crippen LogP) is 2.20. The van der Waals surface area contributed by atoms with Crippen molar-refractivity contribution in [3.8, 4) is 0 Å². The van der Waals surface area contributed by atoms with Crippen molar-refractivity contribution in [1.29, 1.82) is 0 Å². The van der Waals surface area contributed by atoms with Crippen molar-refractivity contribution in [1.82, 2.24) is 15.2 Å². The number of nitrogens with one attached hydrogen (secondary N) is 1. The second-order valence-corrected chi connectivity index (χ2v) is 6.28. The minimum absolute atomic E-state index is 0.0893. The molecule has 2 aliphatic heterocycles. The number of hydrogen-bond donors (Lipinski definition) is 1. The van der Waals surface area contributed by atoms with Crippen molar-refractivity contribution < 1.29 is 18.0 Å². The zero-order valence-corrected chi connectivity index (χ0v) is 12.1.